The number of esters is 3. The number of rotatable bonds is 4. The van der Waals surface area contributed by atoms with Gasteiger partial charge in [-0.25, -0.2) is 0 Å². The lowest BCUT2D eigenvalue weighted by atomic mass is 9.43. The number of carbonyl (C=O) groups is 4. The van der Waals surface area contributed by atoms with Crippen LogP contribution >= 0.6 is 11.6 Å². The average Bonchev–Trinajstić information content (AvgIpc) is 3.29. The molecule has 1 aromatic rings. The van der Waals surface area contributed by atoms with E-state index in [0.29, 0.717) is 24.8 Å². The van der Waals surface area contributed by atoms with E-state index < -0.39 is 58.1 Å². The Morgan fingerprint density at radius 3 is 2.58 bits per heavy atom. The molecule has 0 radical (unpaired) electrons. The van der Waals surface area contributed by atoms with Crippen molar-refractivity contribution in [1.29, 1.82) is 0 Å². The van der Waals surface area contributed by atoms with E-state index >= 15 is 0 Å². The summed E-state index contributed by atoms with van der Waals surface area (Å²) < 4.78 is 21.5. The van der Waals surface area contributed by atoms with Crippen molar-refractivity contribution in [3.8, 4) is 0 Å². The highest BCUT2D eigenvalue weighted by atomic mass is 35.5. The molecule has 8 atom stereocenters. The Morgan fingerprint density at radius 1 is 1.24 bits per heavy atom. The highest BCUT2D eigenvalue weighted by Crippen LogP contribution is 2.65. The minimum atomic E-state index is -1.14. The maximum Gasteiger partial charge on any atom is 0.324 e. The first kappa shape index (κ1) is 23.8. The molecule has 0 unspecified atom stereocenters. The van der Waals surface area contributed by atoms with Gasteiger partial charge in [-0.1, -0.05) is 13.8 Å². The average molecular weight is 481 g/mol. The number of hydrogen-bond donors (Lipinski definition) is 0. The molecule has 0 bridgehead atoms. The number of Topliss-reactive ketones (excluding diaryl/α,β-unsaturated/α-hetero) is 1. The molecule has 4 rings (SSSR count). The molecule has 9 heteroatoms. The SMILES string of the molecule is COC(=O)[C@@H]1C[C@H](OC(=O)[C@H](C)Cl)C(=O)[C@H]2[C@@]1(C)CC[C@H]1C(=O)O[C@H](c3ccoc3)C[C@]21C. The molecule has 2 aliphatic carbocycles. The highest BCUT2D eigenvalue weighted by molar-refractivity contribution is 6.29. The van der Waals surface area contributed by atoms with Crippen LogP contribution in [0.25, 0.3) is 0 Å². The summed E-state index contributed by atoms with van der Waals surface area (Å²) in [5.74, 6) is -3.73. The number of fused-ring (bicyclic) bond motifs is 3. The molecule has 0 amide bonds. The number of alkyl halides is 1. The summed E-state index contributed by atoms with van der Waals surface area (Å²) in [6.07, 6.45) is 2.70. The number of carbonyl (C=O) groups excluding carboxylic acids is 4. The third-order valence-corrected chi connectivity index (χ3v) is 8.26. The van der Waals surface area contributed by atoms with Gasteiger partial charge in [0.25, 0.3) is 0 Å². The molecule has 0 aromatic carbocycles. The molecule has 33 heavy (non-hydrogen) atoms. The zero-order valence-electron chi connectivity index (χ0n) is 19.2. The summed E-state index contributed by atoms with van der Waals surface area (Å²) in [4.78, 5) is 52.1. The molecule has 3 aliphatic rings. The normalized spacial score (nSPS) is 39.0. The number of ether oxygens (including phenoxy) is 3. The first-order valence-corrected chi connectivity index (χ1v) is 11.6. The van der Waals surface area contributed by atoms with Gasteiger partial charge in [0.1, 0.15) is 11.5 Å². The van der Waals surface area contributed by atoms with Crippen molar-refractivity contribution in [1.82, 2.24) is 0 Å². The fourth-order valence-electron chi connectivity index (χ4n) is 6.50. The number of ketones is 1. The van der Waals surface area contributed by atoms with Crippen molar-refractivity contribution in [2.45, 2.75) is 64.0 Å². The molecule has 180 valence electrons. The number of furan rings is 1. The van der Waals surface area contributed by atoms with Gasteiger partial charge < -0.3 is 18.6 Å². The minimum Gasteiger partial charge on any atom is -0.472 e. The van der Waals surface area contributed by atoms with Gasteiger partial charge in [-0.2, -0.15) is 0 Å². The van der Waals surface area contributed by atoms with Gasteiger partial charge in [-0.05, 0) is 43.1 Å². The smallest absolute Gasteiger partial charge is 0.324 e. The van der Waals surface area contributed by atoms with E-state index in [0.717, 1.165) is 0 Å². The van der Waals surface area contributed by atoms with E-state index in [1.54, 1.807) is 6.07 Å². The van der Waals surface area contributed by atoms with Crippen LogP contribution in [0, 0.1) is 28.6 Å². The lowest BCUT2D eigenvalue weighted by Gasteiger charge is -2.61. The molecule has 2 heterocycles. The van der Waals surface area contributed by atoms with E-state index in [9.17, 15) is 19.2 Å². The zero-order valence-corrected chi connectivity index (χ0v) is 19.9. The van der Waals surface area contributed by atoms with Gasteiger partial charge >= 0.3 is 17.9 Å². The zero-order chi connectivity index (χ0) is 24.1. The topological polar surface area (TPSA) is 109 Å². The van der Waals surface area contributed by atoms with Crippen LogP contribution in [-0.4, -0.2) is 42.3 Å². The molecule has 0 spiro atoms. The second-order valence-electron chi connectivity index (χ2n) is 9.98. The summed E-state index contributed by atoms with van der Waals surface area (Å²) in [6, 6.07) is 1.73. The van der Waals surface area contributed by atoms with Gasteiger partial charge in [0.2, 0.25) is 0 Å². The van der Waals surface area contributed by atoms with Crippen molar-refractivity contribution >= 4 is 35.3 Å². The Balaban J connectivity index is 1.78. The van der Waals surface area contributed by atoms with Crippen LogP contribution in [-0.2, 0) is 33.4 Å². The summed E-state index contributed by atoms with van der Waals surface area (Å²) in [6.45, 7) is 5.28. The van der Waals surface area contributed by atoms with E-state index in [1.807, 2.05) is 13.8 Å². The Kier molecular flexibility index (Phi) is 6.10. The van der Waals surface area contributed by atoms with E-state index in [4.69, 9.17) is 30.2 Å². The predicted molar refractivity (Wildman–Crippen MR) is 115 cm³/mol. The maximum absolute atomic E-state index is 13.9. The lowest BCUT2D eigenvalue weighted by molar-refractivity contribution is -0.210. The van der Waals surface area contributed by atoms with Crippen molar-refractivity contribution in [3.05, 3.63) is 24.2 Å². The largest absolute Gasteiger partial charge is 0.472 e. The van der Waals surface area contributed by atoms with Crippen LogP contribution in [0.3, 0.4) is 0 Å². The van der Waals surface area contributed by atoms with Crippen molar-refractivity contribution < 1.29 is 37.8 Å². The van der Waals surface area contributed by atoms with Crippen molar-refractivity contribution in [2.75, 3.05) is 7.11 Å². The van der Waals surface area contributed by atoms with Crippen LogP contribution < -0.4 is 0 Å². The van der Waals surface area contributed by atoms with E-state index in [1.165, 1.54) is 26.6 Å². The van der Waals surface area contributed by atoms with Crippen LogP contribution in [0.15, 0.2) is 23.0 Å². The van der Waals surface area contributed by atoms with Gasteiger partial charge in [-0.3, -0.25) is 19.2 Å². The molecule has 0 N–H and O–H groups in total. The number of cyclic esters (lactones) is 1. The summed E-state index contributed by atoms with van der Waals surface area (Å²) in [5.41, 5.74) is -0.864. The summed E-state index contributed by atoms with van der Waals surface area (Å²) in [5, 5.41) is -0.937. The van der Waals surface area contributed by atoms with Crippen LogP contribution in [0.4, 0.5) is 0 Å². The molecule has 3 fully saturated rings. The first-order chi connectivity index (χ1) is 15.5. The molecule has 1 saturated heterocycles. The van der Waals surface area contributed by atoms with Crippen LogP contribution in [0.1, 0.15) is 58.1 Å². The third kappa shape index (κ3) is 3.76. The molecule has 1 aromatic heterocycles. The maximum atomic E-state index is 13.9. The summed E-state index contributed by atoms with van der Waals surface area (Å²) in [7, 11) is 1.30. The molecular formula is C24H29ClO8. The minimum absolute atomic E-state index is 0.0320. The Bertz CT molecular complexity index is 956. The van der Waals surface area contributed by atoms with Crippen molar-refractivity contribution in [2.24, 2.45) is 28.6 Å². The number of halogens is 1. The molecule has 8 nitrogen and oxygen atoms in total. The quantitative estimate of drug-likeness (QED) is 0.365. The standard InChI is InChI=1S/C24H29ClO8/c1-12(25)20(27)32-16-9-15(21(28)30-4)23(2)7-5-14-22(29)33-17(13-6-8-31-11-13)10-24(14,3)19(23)18(16)26/h6,8,11-12,14-17,19H,5,7,9-10H2,1-4H3/t12-,14-,15-,16-,17-,19-,23-,24-/m0/s1. The van der Waals surface area contributed by atoms with Gasteiger partial charge in [0.05, 0.1) is 31.5 Å². The Labute approximate surface area is 197 Å². The third-order valence-electron chi connectivity index (χ3n) is 8.09. The predicted octanol–water partition coefficient (Wildman–Crippen LogP) is 3.61. The Hall–Kier alpha value is -2.35. The lowest BCUT2D eigenvalue weighted by Crippen LogP contribution is -2.64. The molecule has 2 saturated carbocycles. The molecule has 1 aliphatic heterocycles. The molecular weight excluding hydrogens is 452 g/mol. The second-order valence-corrected chi connectivity index (χ2v) is 10.6. The van der Waals surface area contributed by atoms with Crippen LogP contribution in [0.5, 0.6) is 0 Å². The first-order valence-electron chi connectivity index (χ1n) is 11.2. The highest BCUT2D eigenvalue weighted by Gasteiger charge is 2.67. The van der Waals surface area contributed by atoms with Gasteiger partial charge in [0.15, 0.2) is 11.9 Å². The monoisotopic (exact) mass is 480 g/mol. The number of methoxy groups -OCH3 is 1. The Morgan fingerprint density at radius 2 is 1.97 bits per heavy atom. The van der Waals surface area contributed by atoms with Gasteiger partial charge in [-0.15, -0.1) is 11.6 Å². The summed E-state index contributed by atoms with van der Waals surface area (Å²) >= 11 is 5.87. The number of hydrogen-bond acceptors (Lipinski definition) is 8. The fourth-order valence-corrected chi connectivity index (χ4v) is 6.55. The van der Waals surface area contributed by atoms with E-state index in [2.05, 4.69) is 0 Å². The van der Waals surface area contributed by atoms with Crippen LogP contribution in [0.2, 0.25) is 0 Å². The van der Waals surface area contributed by atoms with Crippen molar-refractivity contribution in [3.63, 3.8) is 0 Å². The second kappa shape index (κ2) is 8.46. The fraction of sp³-hybridized carbons (Fsp3) is 0.667. The van der Waals surface area contributed by atoms with E-state index in [-0.39, 0.29) is 18.2 Å². The van der Waals surface area contributed by atoms with Gasteiger partial charge in [0, 0.05) is 17.9 Å².